The summed E-state index contributed by atoms with van der Waals surface area (Å²) in [7, 11) is 0. The number of rotatable bonds is 1. The highest BCUT2D eigenvalue weighted by molar-refractivity contribution is 4.90. The molecule has 1 aliphatic rings. The van der Waals surface area contributed by atoms with Crippen LogP contribution in [-0.4, -0.2) is 30.7 Å². The van der Waals surface area contributed by atoms with Gasteiger partial charge in [0.1, 0.15) is 0 Å². The lowest BCUT2D eigenvalue weighted by Crippen LogP contribution is -2.39. The molecule has 0 amide bonds. The summed E-state index contributed by atoms with van der Waals surface area (Å²) in [6.45, 7) is 1.40. The molecule has 0 atom stereocenters. The van der Waals surface area contributed by atoms with Crippen molar-refractivity contribution in [1.82, 2.24) is 4.90 Å². The molecule has 0 unspecified atom stereocenters. The Morgan fingerprint density at radius 3 is 2.23 bits per heavy atom. The maximum Gasteiger partial charge on any atom is 0.391 e. The fraction of sp³-hybridized carbons (Fsp3) is 0.778. The minimum absolute atomic E-state index is 0.186. The van der Waals surface area contributed by atoms with E-state index in [2.05, 4.69) is 5.92 Å². The topological polar surface area (TPSA) is 3.24 Å². The van der Waals surface area contributed by atoms with Gasteiger partial charge in [-0.15, -0.1) is 6.42 Å². The molecule has 1 saturated heterocycles. The summed E-state index contributed by atoms with van der Waals surface area (Å²) in [6, 6.07) is 0. The van der Waals surface area contributed by atoms with E-state index < -0.39 is 12.1 Å². The van der Waals surface area contributed by atoms with Gasteiger partial charge in [0, 0.05) is 0 Å². The molecule has 0 aliphatic carbocycles. The molecular weight excluding hydrogens is 179 g/mol. The number of halogens is 3. The van der Waals surface area contributed by atoms with Crippen molar-refractivity contribution in [3.05, 3.63) is 0 Å². The molecule has 1 rings (SSSR count). The van der Waals surface area contributed by atoms with Gasteiger partial charge in [-0.3, -0.25) is 4.90 Å². The van der Waals surface area contributed by atoms with Gasteiger partial charge in [-0.1, -0.05) is 5.92 Å². The normalized spacial score (nSPS) is 21.4. The van der Waals surface area contributed by atoms with Gasteiger partial charge in [0.15, 0.2) is 0 Å². The van der Waals surface area contributed by atoms with E-state index in [9.17, 15) is 13.2 Å². The van der Waals surface area contributed by atoms with E-state index in [0.29, 0.717) is 19.6 Å². The van der Waals surface area contributed by atoms with Crippen LogP contribution in [0.2, 0.25) is 0 Å². The van der Waals surface area contributed by atoms with Crippen LogP contribution in [0, 0.1) is 18.3 Å². The molecule has 1 aliphatic heterocycles. The predicted molar refractivity (Wildman–Crippen MR) is 44.1 cm³/mol. The molecule has 0 aromatic carbocycles. The van der Waals surface area contributed by atoms with E-state index in [-0.39, 0.29) is 12.8 Å². The van der Waals surface area contributed by atoms with Gasteiger partial charge in [0.25, 0.3) is 0 Å². The van der Waals surface area contributed by atoms with Crippen molar-refractivity contribution in [3.8, 4) is 12.3 Å². The second-order valence-electron chi connectivity index (χ2n) is 3.30. The average Bonchev–Trinajstić information content (AvgIpc) is 2.04. The molecule has 1 heterocycles. The van der Waals surface area contributed by atoms with Crippen LogP contribution < -0.4 is 0 Å². The van der Waals surface area contributed by atoms with Crippen LogP contribution in [0.4, 0.5) is 13.2 Å². The molecule has 0 radical (unpaired) electrons. The number of hydrogen-bond acceptors (Lipinski definition) is 1. The van der Waals surface area contributed by atoms with Crippen LogP contribution in [0.25, 0.3) is 0 Å². The molecule has 0 N–H and O–H groups in total. The van der Waals surface area contributed by atoms with Gasteiger partial charge in [0.2, 0.25) is 0 Å². The highest BCUT2D eigenvalue weighted by atomic mass is 19.4. The molecule has 4 heteroatoms. The molecule has 0 aromatic rings. The van der Waals surface area contributed by atoms with Gasteiger partial charge < -0.3 is 0 Å². The van der Waals surface area contributed by atoms with Crippen LogP contribution in [0.1, 0.15) is 12.8 Å². The summed E-state index contributed by atoms with van der Waals surface area (Å²) in [4.78, 5) is 1.88. The van der Waals surface area contributed by atoms with Crippen LogP contribution in [0.5, 0.6) is 0 Å². The molecule has 74 valence electrons. The Morgan fingerprint density at radius 2 is 1.85 bits per heavy atom. The summed E-state index contributed by atoms with van der Waals surface area (Å²) >= 11 is 0. The fourth-order valence-corrected chi connectivity index (χ4v) is 1.55. The lowest BCUT2D eigenvalue weighted by atomic mass is 9.96. The van der Waals surface area contributed by atoms with Gasteiger partial charge in [0.05, 0.1) is 12.5 Å². The van der Waals surface area contributed by atoms with Crippen LogP contribution >= 0.6 is 0 Å². The smallest absolute Gasteiger partial charge is 0.292 e. The van der Waals surface area contributed by atoms with Crippen molar-refractivity contribution in [2.45, 2.75) is 19.0 Å². The molecule has 1 nitrogen and oxygen atoms in total. The van der Waals surface area contributed by atoms with Crippen molar-refractivity contribution >= 4 is 0 Å². The van der Waals surface area contributed by atoms with Crippen molar-refractivity contribution in [1.29, 1.82) is 0 Å². The van der Waals surface area contributed by atoms with Crippen LogP contribution in [0.15, 0.2) is 0 Å². The van der Waals surface area contributed by atoms with Gasteiger partial charge >= 0.3 is 6.18 Å². The van der Waals surface area contributed by atoms with Gasteiger partial charge in [-0.25, -0.2) is 0 Å². The second-order valence-corrected chi connectivity index (χ2v) is 3.30. The Balaban J connectivity index is 2.36. The second kappa shape index (κ2) is 4.01. The van der Waals surface area contributed by atoms with E-state index in [1.165, 1.54) is 0 Å². The monoisotopic (exact) mass is 191 g/mol. The SMILES string of the molecule is C#CCN1CCC(C(F)(F)F)CC1. The Bertz CT molecular complexity index is 196. The quantitative estimate of drug-likeness (QED) is 0.572. The standard InChI is InChI=1S/C9H12F3N/c1-2-5-13-6-3-8(4-7-13)9(10,11)12/h1,8H,3-7H2. The lowest BCUT2D eigenvalue weighted by Gasteiger charge is -2.31. The third-order valence-corrected chi connectivity index (χ3v) is 2.37. The van der Waals surface area contributed by atoms with E-state index >= 15 is 0 Å². The highest BCUT2D eigenvalue weighted by Crippen LogP contribution is 2.33. The summed E-state index contributed by atoms with van der Waals surface area (Å²) in [6.07, 6.45) is 1.41. The van der Waals surface area contributed by atoms with Gasteiger partial charge in [-0.05, 0) is 25.9 Å². The highest BCUT2D eigenvalue weighted by Gasteiger charge is 2.40. The Labute approximate surface area is 75.9 Å². The number of likely N-dealkylation sites (tertiary alicyclic amines) is 1. The first-order valence-corrected chi connectivity index (χ1v) is 4.26. The Kier molecular flexibility index (Phi) is 3.21. The average molecular weight is 191 g/mol. The maximum absolute atomic E-state index is 12.2. The van der Waals surface area contributed by atoms with E-state index in [0.717, 1.165) is 0 Å². The Morgan fingerprint density at radius 1 is 1.31 bits per heavy atom. The minimum Gasteiger partial charge on any atom is -0.292 e. The van der Waals surface area contributed by atoms with Crippen LogP contribution in [0.3, 0.4) is 0 Å². The zero-order valence-corrected chi connectivity index (χ0v) is 7.27. The molecule has 0 aromatic heterocycles. The number of alkyl halides is 3. The Hall–Kier alpha value is -0.690. The summed E-state index contributed by atoms with van der Waals surface area (Å²) in [5.74, 6) is 1.31. The molecule has 0 bridgehead atoms. The molecule has 0 spiro atoms. The van der Waals surface area contributed by atoms with E-state index in [4.69, 9.17) is 6.42 Å². The van der Waals surface area contributed by atoms with E-state index in [1.807, 2.05) is 4.90 Å². The minimum atomic E-state index is -4.03. The molecular formula is C9H12F3N. The van der Waals surface area contributed by atoms with Crippen molar-refractivity contribution in [3.63, 3.8) is 0 Å². The number of nitrogens with zero attached hydrogens (tertiary/aromatic N) is 1. The van der Waals surface area contributed by atoms with Crippen LogP contribution in [-0.2, 0) is 0 Å². The van der Waals surface area contributed by atoms with Gasteiger partial charge in [-0.2, -0.15) is 13.2 Å². The predicted octanol–water partition coefficient (Wildman–Crippen LogP) is 1.89. The van der Waals surface area contributed by atoms with Crippen molar-refractivity contribution < 1.29 is 13.2 Å². The van der Waals surface area contributed by atoms with Crippen molar-refractivity contribution in [2.24, 2.45) is 5.92 Å². The van der Waals surface area contributed by atoms with E-state index in [1.54, 1.807) is 0 Å². The van der Waals surface area contributed by atoms with Crippen molar-refractivity contribution in [2.75, 3.05) is 19.6 Å². The maximum atomic E-state index is 12.2. The number of terminal acetylenes is 1. The molecule has 1 fully saturated rings. The largest absolute Gasteiger partial charge is 0.391 e. The number of piperidine rings is 1. The molecule has 0 saturated carbocycles. The third kappa shape index (κ3) is 2.92. The first-order chi connectivity index (χ1) is 6.04. The zero-order valence-electron chi connectivity index (χ0n) is 7.27. The summed E-state index contributed by atoms with van der Waals surface area (Å²) in [5, 5.41) is 0. The first-order valence-electron chi connectivity index (χ1n) is 4.26. The molecule has 13 heavy (non-hydrogen) atoms. The summed E-state index contributed by atoms with van der Waals surface area (Å²) < 4.78 is 36.6. The zero-order chi connectivity index (χ0) is 9.90. The third-order valence-electron chi connectivity index (χ3n) is 2.37. The summed E-state index contributed by atoms with van der Waals surface area (Å²) in [5.41, 5.74) is 0. The lowest BCUT2D eigenvalue weighted by molar-refractivity contribution is -0.184. The number of hydrogen-bond donors (Lipinski definition) is 0. The fourth-order valence-electron chi connectivity index (χ4n) is 1.55. The first kappa shape index (κ1) is 10.4.